The van der Waals surface area contributed by atoms with Crippen molar-refractivity contribution < 1.29 is 9.53 Å². The second kappa shape index (κ2) is 5.28. The van der Waals surface area contributed by atoms with Crippen LogP contribution < -0.4 is 5.32 Å². The third-order valence-corrected chi connectivity index (χ3v) is 1.97. The van der Waals surface area contributed by atoms with E-state index < -0.39 is 5.97 Å². The van der Waals surface area contributed by atoms with Gasteiger partial charge >= 0.3 is 5.97 Å². The van der Waals surface area contributed by atoms with Gasteiger partial charge in [-0.25, -0.2) is 4.79 Å². The second-order valence-electron chi connectivity index (χ2n) is 3.24. The Hall–Kier alpha value is -1.50. The van der Waals surface area contributed by atoms with E-state index in [9.17, 15) is 4.79 Å². The van der Waals surface area contributed by atoms with Gasteiger partial charge in [0.1, 0.15) is 6.07 Å². The van der Waals surface area contributed by atoms with Crippen molar-refractivity contribution in [2.45, 2.75) is 19.8 Å². The van der Waals surface area contributed by atoms with Gasteiger partial charge in [-0.05, 0) is 25.7 Å². The van der Waals surface area contributed by atoms with Crippen molar-refractivity contribution in [3.8, 4) is 6.07 Å². The molecule has 0 spiro atoms. The van der Waals surface area contributed by atoms with E-state index in [0.29, 0.717) is 12.5 Å². The van der Waals surface area contributed by atoms with Crippen LogP contribution in [-0.2, 0) is 9.53 Å². The van der Waals surface area contributed by atoms with Crippen molar-refractivity contribution in [1.82, 2.24) is 5.32 Å². The van der Waals surface area contributed by atoms with Gasteiger partial charge in [0.25, 0.3) is 0 Å². The molecule has 0 aliphatic heterocycles. The number of carbonyl (C=O) groups is 1. The molecule has 76 valence electrons. The maximum Gasteiger partial charge on any atom is 0.350 e. The first-order valence-corrected chi connectivity index (χ1v) is 4.78. The van der Waals surface area contributed by atoms with E-state index in [1.54, 1.807) is 13.0 Å². The normalized spacial score (nSPS) is 15.9. The Morgan fingerprint density at radius 2 is 2.43 bits per heavy atom. The molecule has 1 saturated carbocycles. The number of carbonyl (C=O) groups excluding carboxylic acids is 1. The van der Waals surface area contributed by atoms with E-state index in [-0.39, 0.29) is 5.57 Å². The van der Waals surface area contributed by atoms with Crippen molar-refractivity contribution in [1.29, 1.82) is 5.26 Å². The monoisotopic (exact) mass is 194 g/mol. The zero-order valence-electron chi connectivity index (χ0n) is 8.25. The minimum atomic E-state index is -0.557. The summed E-state index contributed by atoms with van der Waals surface area (Å²) in [6, 6.07) is 1.80. The molecule has 0 heterocycles. The Morgan fingerprint density at radius 1 is 1.71 bits per heavy atom. The van der Waals surface area contributed by atoms with Gasteiger partial charge in [-0.15, -0.1) is 0 Å². The summed E-state index contributed by atoms with van der Waals surface area (Å²) in [6.07, 6.45) is 3.92. The molecule has 1 aliphatic carbocycles. The fraction of sp³-hybridized carbons (Fsp3) is 0.600. The Balaban J connectivity index is 2.34. The lowest BCUT2D eigenvalue weighted by Gasteiger charge is -2.00. The molecule has 1 N–H and O–H groups in total. The van der Waals surface area contributed by atoms with E-state index in [1.807, 2.05) is 0 Å². The summed E-state index contributed by atoms with van der Waals surface area (Å²) >= 11 is 0. The molecule has 0 aromatic rings. The number of ether oxygens (including phenoxy) is 1. The van der Waals surface area contributed by atoms with Crippen LogP contribution in [0.1, 0.15) is 19.8 Å². The SMILES string of the molecule is CCOC(=O)/C(C#N)=C/NCC1CC1. The van der Waals surface area contributed by atoms with E-state index in [2.05, 4.69) is 5.32 Å². The molecular weight excluding hydrogens is 180 g/mol. The van der Waals surface area contributed by atoms with Gasteiger partial charge < -0.3 is 10.1 Å². The molecule has 1 rings (SSSR count). The molecule has 0 radical (unpaired) electrons. The van der Waals surface area contributed by atoms with Crippen LogP contribution in [0.25, 0.3) is 0 Å². The maximum atomic E-state index is 11.1. The Bertz CT molecular complexity index is 274. The summed E-state index contributed by atoms with van der Waals surface area (Å²) in [5.41, 5.74) is 0.0347. The molecule has 4 heteroatoms. The molecule has 14 heavy (non-hydrogen) atoms. The molecule has 0 unspecified atom stereocenters. The predicted molar refractivity (Wildman–Crippen MR) is 51.1 cm³/mol. The lowest BCUT2D eigenvalue weighted by atomic mass is 10.3. The van der Waals surface area contributed by atoms with Gasteiger partial charge in [-0.1, -0.05) is 0 Å². The van der Waals surface area contributed by atoms with Crippen molar-refractivity contribution >= 4 is 5.97 Å². The molecule has 0 aromatic heterocycles. The van der Waals surface area contributed by atoms with Crippen LogP contribution in [0.2, 0.25) is 0 Å². The second-order valence-corrected chi connectivity index (χ2v) is 3.24. The molecule has 1 fully saturated rings. The Morgan fingerprint density at radius 3 is 2.93 bits per heavy atom. The highest BCUT2D eigenvalue weighted by molar-refractivity contribution is 5.92. The fourth-order valence-electron chi connectivity index (χ4n) is 0.995. The summed E-state index contributed by atoms with van der Waals surface area (Å²) < 4.78 is 4.70. The zero-order valence-corrected chi connectivity index (χ0v) is 8.25. The molecule has 4 nitrogen and oxygen atoms in total. The fourth-order valence-corrected chi connectivity index (χ4v) is 0.995. The van der Waals surface area contributed by atoms with E-state index >= 15 is 0 Å². The van der Waals surface area contributed by atoms with Crippen LogP contribution in [0.5, 0.6) is 0 Å². The third kappa shape index (κ3) is 3.48. The number of rotatable bonds is 5. The van der Waals surface area contributed by atoms with Gasteiger partial charge in [0.05, 0.1) is 6.61 Å². The van der Waals surface area contributed by atoms with Crippen molar-refractivity contribution in [3.05, 3.63) is 11.8 Å². The summed E-state index contributed by atoms with van der Waals surface area (Å²) in [7, 11) is 0. The van der Waals surface area contributed by atoms with Crippen molar-refractivity contribution in [3.63, 3.8) is 0 Å². The highest BCUT2D eigenvalue weighted by Crippen LogP contribution is 2.27. The van der Waals surface area contributed by atoms with Crippen molar-refractivity contribution in [2.75, 3.05) is 13.2 Å². The minimum absolute atomic E-state index is 0.0347. The van der Waals surface area contributed by atoms with Crippen LogP contribution in [0.4, 0.5) is 0 Å². The highest BCUT2D eigenvalue weighted by atomic mass is 16.5. The van der Waals surface area contributed by atoms with Crippen LogP contribution in [0.15, 0.2) is 11.8 Å². The van der Waals surface area contributed by atoms with Gasteiger partial charge in [-0.3, -0.25) is 0 Å². The highest BCUT2D eigenvalue weighted by Gasteiger charge is 2.20. The summed E-state index contributed by atoms with van der Waals surface area (Å²) in [6.45, 7) is 2.84. The first-order chi connectivity index (χ1) is 6.77. The van der Waals surface area contributed by atoms with E-state index in [1.165, 1.54) is 19.0 Å². The number of nitriles is 1. The van der Waals surface area contributed by atoms with Crippen molar-refractivity contribution in [2.24, 2.45) is 5.92 Å². The Labute approximate surface area is 83.5 Å². The van der Waals surface area contributed by atoms with E-state index in [0.717, 1.165) is 6.54 Å². The smallest absolute Gasteiger partial charge is 0.350 e. The molecule has 0 atom stereocenters. The van der Waals surface area contributed by atoms with Crippen LogP contribution >= 0.6 is 0 Å². The Kier molecular flexibility index (Phi) is 3.99. The molecule has 0 bridgehead atoms. The van der Waals surface area contributed by atoms with Crippen LogP contribution in [-0.4, -0.2) is 19.1 Å². The first kappa shape index (κ1) is 10.6. The lowest BCUT2D eigenvalue weighted by Crippen LogP contribution is -2.14. The topological polar surface area (TPSA) is 62.1 Å². The average Bonchev–Trinajstić information content (AvgIpc) is 2.96. The largest absolute Gasteiger partial charge is 0.462 e. The maximum absolute atomic E-state index is 11.1. The third-order valence-electron chi connectivity index (χ3n) is 1.97. The van der Waals surface area contributed by atoms with Crippen LogP contribution in [0, 0.1) is 17.2 Å². The first-order valence-electron chi connectivity index (χ1n) is 4.78. The molecular formula is C10H14N2O2. The van der Waals surface area contributed by atoms with E-state index in [4.69, 9.17) is 10.00 Å². The summed E-state index contributed by atoms with van der Waals surface area (Å²) in [4.78, 5) is 11.1. The number of esters is 1. The number of hydrogen-bond acceptors (Lipinski definition) is 4. The molecule has 0 saturated heterocycles. The minimum Gasteiger partial charge on any atom is -0.462 e. The molecule has 0 amide bonds. The summed E-state index contributed by atoms with van der Waals surface area (Å²) in [5.74, 6) is 0.159. The molecule has 0 aromatic carbocycles. The van der Waals surface area contributed by atoms with Gasteiger partial charge in [0, 0.05) is 12.7 Å². The number of nitrogens with zero attached hydrogens (tertiary/aromatic N) is 1. The predicted octanol–water partition coefficient (Wildman–Crippen LogP) is 0.957. The van der Waals surface area contributed by atoms with Gasteiger partial charge in [-0.2, -0.15) is 5.26 Å². The summed E-state index contributed by atoms with van der Waals surface area (Å²) in [5, 5.41) is 11.6. The number of nitrogens with one attached hydrogen (secondary N) is 1. The van der Waals surface area contributed by atoms with Gasteiger partial charge in [0.2, 0.25) is 0 Å². The van der Waals surface area contributed by atoms with Gasteiger partial charge in [0.15, 0.2) is 5.57 Å². The lowest BCUT2D eigenvalue weighted by molar-refractivity contribution is -0.138. The zero-order chi connectivity index (χ0) is 10.4. The number of hydrogen-bond donors (Lipinski definition) is 1. The quantitative estimate of drug-likeness (QED) is 0.402. The average molecular weight is 194 g/mol. The standard InChI is InChI=1S/C10H14N2O2/c1-2-14-10(13)9(5-11)7-12-6-8-3-4-8/h7-8,12H,2-4,6H2,1H3/b9-7+. The molecule has 1 aliphatic rings. The van der Waals surface area contributed by atoms with Crippen LogP contribution in [0.3, 0.4) is 0 Å².